The molecule has 4 aliphatic heterocycles. The van der Waals surface area contributed by atoms with Crippen molar-refractivity contribution in [2.45, 2.75) is 56.7 Å². The van der Waals surface area contributed by atoms with E-state index in [1.807, 2.05) is 30.3 Å². The van der Waals surface area contributed by atoms with Gasteiger partial charge >= 0.3 is 6.09 Å². The molecule has 298 valence electrons. The number of carbonyl (C=O) groups is 1. The molecule has 0 aromatic heterocycles. The first-order valence-corrected chi connectivity index (χ1v) is 20.2. The summed E-state index contributed by atoms with van der Waals surface area (Å²) < 4.78 is 32.2. The topological polar surface area (TPSA) is 68.3 Å². The molecule has 9 heteroatoms. The summed E-state index contributed by atoms with van der Waals surface area (Å²) in [5, 5.41) is 12.6. The summed E-state index contributed by atoms with van der Waals surface area (Å²) in [5.41, 5.74) is 7.00. The molecule has 4 aliphatic rings. The highest BCUT2D eigenvalue weighted by molar-refractivity contribution is 5.70. The third-order valence-corrected chi connectivity index (χ3v) is 11.2. The normalized spacial score (nSPS) is 20.9. The van der Waals surface area contributed by atoms with Crippen LogP contribution in [-0.4, -0.2) is 91.0 Å². The molecule has 2 saturated heterocycles. The molecule has 0 bridgehead atoms. The number of ether oxygens (including phenoxy) is 1. The van der Waals surface area contributed by atoms with Gasteiger partial charge in [0.2, 0.25) is 0 Å². The van der Waals surface area contributed by atoms with Gasteiger partial charge in [-0.05, 0) is 103 Å². The van der Waals surface area contributed by atoms with Crippen molar-refractivity contribution in [1.29, 1.82) is 0 Å². The molecule has 4 aromatic rings. The Morgan fingerprint density at radius 3 is 2.00 bits per heavy atom. The number of rotatable bonds is 6. The third-order valence-electron chi connectivity index (χ3n) is 11.2. The van der Waals surface area contributed by atoms with E-state index in [1.165, 1.54) is 41.0 Å². The Morgan fingerprint density at radius 2 is 1.33 bits per heavy atom. The van der Waals surface area contributed by atoms with Crippen molar-refractivity contribution in [3.05, 3.63) is 142 Å². The largest absolute Gasteiger partial charge is 0.449 e. The fraction of sp³-hybridized carbons (Fsp3) is 0.396. The summed E-state index contributed by atoms with van der Waals surface area (Å²) in [6.07, 6.45) is 15.9. The number of fused-ring (bicyclic) bond motifs is 2. The van der Waals surface area contributed by atoms with Gasteiger partial charge in [0.25, 0.3) is 0 Å². The number of piperidine rings is 2. The van der Waals surface area contributed by atoms with Gasteiger partial charge in [-0.2, -0.15) is 0 Å². The Hall–Kier alpha value is -5.03. The summed E-state index contributed by atoms with van der Waals surface area (Å²) in [7, 11) is 0. The van der Waals surface area contributed by atoms with Crippen molar-refractivity contribution in [1.82, 2.24) is 20.0 Å². The number of nitrogens with one attached hydrogen (secondary N) is 1. The van der Waals surface area contributed by atoms with Crippen LogP contribution >= 0.6 is 0 Å². The molecule has 2 N–H and O–H groups in total. The maximum Gasteiger partial charge on any atom is 0.410 e. The van der Waals surface area contributed by atoms with Crippen LogP contribution in [0.25, 0.3) is 0 Å². The van der Waals surface area contributed by atoms with E-state index in [4.69, 9.17) is 22.7 Å². The number of terminal acetylenes is 2. The Labute approximate surface area is 337 Å². The van der Waals surface area contributed by atoms with Crippen LogP contribution in [0.4, 0.5) is 13.6 Å². The van der Waals surface area contributed by atoms with Gasteiger partial charge < -0.3 is 15.2 Å². The SMILES string of the molecule is C#CCN1CCC(O)CC1.C#CCN1CCCC(COC(=O)N2CCc3ccccc3[C@@H]2c2ccc(F)cc2)C1.Fc1ccc([C@@H]2NCCc3ccccc32)cc1. The average molecular weight is 773 g/mol. The zero-order valence-electron chi connectivity index (χ0n) is 32.7. The highest BCUT2D eigenvalue weighted by Crippen LogP contribution is 2.36. The van der Waals surface area contributed by atoms with E-state index in [1.54, 1.807) is 17.0 Å². The van der Waals surface area contributed by atoms with Crippen LogP contribution < -0.4 is 5.32 Å². The Morgan fingerprint density at radius 1 is 0.737 bits per heavy atom. The maximum absolute atomic E-state index is 13.5. The van der Waals surface area contributed by atoms with Crippen LogP contribution in [0, 0.1) is 42.2 Å². The van der Waals surface area contributed by atoms with Crippen molar-refractivity contribution in [3.63, 3.8) is 0 Å². The number of hydrogen-bond donors (Lipinski definition) is 2. The number of hydrogen-bond acceptors (Lipinski definition) is 6. The molecule has 8 rings (SSSR count). The van der Waals surface area contributed by atoms with Gasteiger partial charge in [0.1, 0.15) is 11.6 Å². The number of amides is 1. The highest BCUT2D eigenvalue weighted by atomic mass is 19.1. The predicted molar refractivity (Wildman–Crippen MR) is 221 cm³/mol. The minimum absolute atomic E-state index is 0.0889. The summed E-state index contributed by atoms with van der Waals surface area (Å²) in [6, 6.07) is 29.7. The molecular weight excluding hydrogens is 719 g/mol. The fourth-order valence-electron chi connectivity index (χ4n) is 8.26. The van der Waals surface area contributed by atoms with Crippen molar-refractivity contribution in [2.75, 3.05) is 59.0 Å². The molecule has 0 saturated carbocycles. The smallest absolute Gasteiger partial charge is 0.410 e. The average Bonchev–Trinajstić information content (AvgIpc) is 3.24. The van der Waals surface area contributed by atoms with E-state index in [0.29, 0.717) is 25.6 Å². The second-order valence-corrected chi connectivity index (χ2v) is 15.2. The fourth-order valence-corrected chi connectivity index (χ4v) is 8.26. The van der Waals surface area contributed by atoms with E-state index in [9.17, 15) is 13.6 Å². The zero-order valence-corrected chi connectivity index (χ0v) is 32.7. The first-order valence-electron chi connectivity index (χ1n) is 20.2. The second kappa shape index (κ2) is 20.9. The molecule has 2 fully saturated rings. The van der Waals surface area contributed by atoms with Gasteiger partial charge in [-0.1, -0.05) is 84.6 Å². The molecule has 0 radical (unpaired) electrons. The number of aliphatic hydroxyl groups is 1. The quantitative estimate of drug-likeness (QED) is 0.200. The van der Waals surface area contributed by atoms with Crippen molar-refractivity contribution in [3.8, 4) is 24.7 Å². The predicted octanol–water partition coefficient (Wildman–Crippen LogP) is 7.39. The molecular formula is C48H54F2N4O3. The van der Waals surface area contributed by atoms with Gasteiger partial charge in [0, 0.05) is 38.6 Å². The lowest BCUT2D eigenvalue weighted by atomic mass is 9.88. The summed E-state index contributed by atoms with van der Waals surface area (Å²) in [5.74, 6) is 5.13. The number of halogens is 2. The zero-order chi connectivity index (χ0) is 40.0. The van der Waals surface area contributed by atoms with Crippen molar-refractivity contribution >= 4 is 6.09 Å². The molecule has 7 nitrogen and oxygen atoms in total. The number of likely N-dealkylation sites (tertiary alicyclic amines) is 2. The van der Waals surface area contributed by atoms with Crippen LogP contribution in [0.15, 0.2) is 97.1 Å². The van der Waals surface area contributed by atoms with E-state index < -0.39 is 0 Å². The van der Waals surface area contributed by atoms with Crippen LogP contribution in [-0.2, 0) is 17.6 Å². The second-order valence-electron chi connectivity index (χ2n) is 15.2. The van der Waals surface area contributed by atoms with Crippen molar-refractivity contribution in [2.24, 2.45) is 5.92 Å². The number of aliphatic hydroxyl groups excluding tert-OH is 1. The van der Waals surface area contributed by atoms with Gasteiger partial charge in [-0.15, -0.1) is 12.8 Å². The van der Waals surface area contributed by atoms with Crippen LogP contribution in [0.2, 0.25) is 0 Å². The van der Waals surface area contributed by atoms with E-state index in [2.05, 4.69) is 57.3 Å². The number of nitrogens with zero attached hydrogens (tertiary/aromatic N) is 3. The lowest BCUT2D eigenvalue weighted by Gasteiger charge is -2.37. The molecule has 0 spiro atoms. The van der Waals surface area contributed by atoms with E-state index >= 15 is 0 Å². The van der Waals surface area contributed by atoms with Crippen LogP contribution in [0.3, 0.4) is 0 Å². The van der Waals surface area contributed by atoms with Gasteiger partial charge in [0.05, 0.1) is 37.9 Å². The van der Waals surface area contributed by atoms with Crippen LogP contribution in [0.5, 0.6) is 0 Å². The molecule has 1 unspecified atom stereocenters. The first kappa shape index (κ1) is 41.6. The Bertz CT molecular complexity index is 1970. The molecule has 57 heavy (non-hydrogen) atoms. The maximum atomic E-state index is 13.5. The van der Waals surface area contributed by atoms with Crippen molar-refractivity contribution < 1.29 is 23.4 Å². The van der Waals surface area contributed by atoms with E-state index in [-0.39, 0.29) is 35.9 Å². The van der Waals surface area contributed by atoms with Gasteiger partial charge in [0.15, 0.2) is 0 Å². The number of carbonyl (C=O) groups excluding carboxylic acids is 1. The lowest BCUT2D eigenvalue weighted by molar-refractivity contribution is 0.0594. The molecule has 4 heterocycles. The molecule has 3 atom stereocenters. The molecule has 1 amide bonds. The first-order chi connectivity index (χ1) is 27.8. The Balaban J connectivity index is 0.000000169. The third kappa shape index (κ3) is 11.5. The van der Waals surface area contributed by atoms with E-state index in [0.717, 1.165) is 94.5 Å². The molecule has 0 aliphatic carbocycles. The summed E-state index contributed by atoms with van der Waals surface area (Å²) >= 11 is 0. The number of benzene rings is 4. The van der Waals surface area contributed by atoms with Crippen LogP contribution in [0.1, 0.15) is 71.1 Å². The Kier molecular flexibility index (Phi) is 15.3. The lowest BCUT2D eigenvalue weighted by Crippen LogP contribution is -2.42. The summed E-state index contributed by atoms with van der Waals surface area (Å²) in [6.45, 7) is 7.08. The van der Waals surface area contributed by atoms with Gasteiger partial charge in [-0.3, -0.25) is 14.7 Å². The minimum Gasteiger partial charge on any atom is -0.449 e. The monoisotopic (exact) mass is 772 g/mol. The molecule has 4 aromatic carbocycles. The minimum atomic E-state index is -0.312. The summed E-state index contributed by atoms with van der Waals surface area (Å²) in [4.78, 5) is 19.3. The van der Waals surface area contributed by atoms with Gasteiger partial charge in [-0.25, -0.2) is 13.6 Å². The highest BCUT2D eigenvalue weighted by Gasteiger charge is 2.33. The standard InChI is InChI=1S/C25H27FN2O2.C15H14FN.C8H13NO/c1-2-14-27-15-5-6-19(17-27)18-30-25(29)28-16-13-20-7-3-4-8-23(20)24(28)21-9-11-22(26)12-10-21;16-13-7-5-12(6-8-13)15-14-4-2-1-3-11(14)9-10-17-15;1-2-5-9-6-3-8(10)4-7-9/h1,3-4,7-12,19,24H,5-6,13-18H2;1-8,15,17H,9-10H2;1,8,10H,3-7H2/t19?,24-;15-;/m00./s1.